The lowest BCUT2D eigenvalue weighted by molar-refractivity contribution is -0.123. The molecule has 1 rings (SSSR count). The number of hydrogen-bond acceptors (Lipinski definition) is 2. The van der Waals surface area contributed by atoms with Crippen LogP contribution in [-0.2, 0) is 4.79 Å². The lowest BCUT2D eigenvalue weighted by Crippen LogP contribution is -2.44. The van der Waals surface area contributed by atoms with Crippen molar-refractivity contribution in [3.63, 3.8) is 0 Å². The van der Waals surface area contributed by atoms with Crippen LogP contribution in [-0.4, -0.2) is 24.5 Å². The van der Waals surface area contributed by atoms with Gasteiger partial charge in [0, 0.05) is 6.04 Å². The molecule has 2 N–H and O–H groups in total. The van der Waals surface area contributed by atoms with Gasteiger partial charge in [-0.3, -0.25) is 4.79 Å². The lowest BCUT2D eigenvalue weighted by Gasteiger charge is -2.19. The molecular formula is C12H25ClN2O. The summed E-state index contributed by atoms with van der Waals surface area (Å²) in [7, 11) is 0. The Labute approximate surface area is 105 Å². The van der Waals surface area contributed by atoms with Crippen molar-refractivity contribution in [1.82, 2.24) is 10.6 Å². The number of amides is 1. The average Bonchev–Trinajstić information content (AvgIpc) is 2.70. The van der Waals surface area contributed by atoms with Gasteiger partial charge >= 0.3 is 0 Å². The maximum Gasteiger partial charge on any atom is 0.237 e. The smallest absolute Gasteiger partial charge is 0.237 e. The van der Waals surface area contributed by atoms with E-state index in [4.69, 9.17) is 0 Å². The van der Waals surface area contributed by atoms with Gasteiger partial charge in [-0.1, -0.05) is 20.3 Å². The van der Waals surface area contributed by atoms with E-state index in [1.54, 1.807) is 0 Å². The number of carbonyl (C=O) groups is 1. The molecule has 3 unspecified atom stereocenters. The molecule has 0 aliphatic carbocycles. The fourth-order valence-electron chi connectivity index (χ4n) is 2.08. The lowest BCUT2D eigenvalue weighted by atomic mass is 10.00. The minimum atomic E-state index is 0. The number of carbonyl (C=O) groups excluding carboxylic acids is 1. The van der Waals surface area contributed by atoms with Crippen LogP contribution in [0.25, 0.3) is 0 Å². The zero-order valence-electron chi connectivity index (χ0n) is 10.6. The van der Waals surface area contributed by atoms with Gasteiger partial charge in [0.15, 0.2) is 0 Å². The summed E-state index contributed by atoms with van der Waals surface area (Å²) in [6.07, 6.45) is 4.37. The Balaban J connectivity index is 0.00000225. The number of nitrogens with one attached hydrogen (secondary N) is 2. The van der Waals surface area contributed by atoms with Gasteiger partial charge in [0.25, 0.3) is 0 Å². The highest BCUT2D eigenvalue weighted by Crippen LogP contribution is 2.10. The van der Waals surface area contributed by atoms with Crippen LogP contribution < -0.4 is 10.6 Å². The van der Waals surface area contributed by atoms with E-state index in [-0.39, 0.29) is 24.4 Å². The van der Waals surface area contributed by atoms with Crippen molar-refractivity contribution in [2.45, 2.75) is 58.5 Å². The van der Waals surface area contributed by atoms with E-state index in [2.05, 4.69) is 31.4 Å². The van der Waals surface area contributed by atoms with Crippen LogP contribution >= 0.6 is 12.4 Å². The minimum Gasteiger partial charge on any atom is -0.352 e. The summed E-state index contributed by atoms with van der Waals surface area (Å²) in [4.78, 5) is 11.8. The van der Waals surface area contributed by atoms with Crippen LogP contribution in [0.15, 0.2) is 0 Å². The molecule has 0 spiro atoms. The van der Waals surface area contributed by atoms with Gasteiger partial charge < -0.3 is 10.6 Å². The SMILES string of the molecule is CCC(C)CC(C)NC(=O)C1CCCN1.Cl. The quantitative estimate of drug-likeness (QED) is 0.783. The highest BCUT2D eigenvalue weighted by molar-refractivity contribution is 5.85. The zero-order chi connectivity index (χ0) is 11.3. The Kier molecular flexibility index (Phi) is 7.77. The summed E-state index contributed by atoms with van der Waals surface area (Å²) < 4.78 is 0. The molecule has 16 heavy (non-hydrogen) atoms. The molecule has 1 heterocycles. The largest absolute Gasteiger partial charge is 0.352 e. The highest BCUT2D eigenvalue weighted by atomic mass is 35.5. The van der Waals surface area contributed by atoms with Crippen molar-refractivity contribution < 1.29 is 4.79 Å². The Hall–Kier alpha value is -0.280. The van der Waals surface area contributed by atoms with Crippen molar-refractivity contribution in [3.8, 4) is 0 Å². The summed E-state index contributed by atoms with van der Waals surface area (Å²) >= 11 is 0. The molecule has 0 saturated carbocycles. The maximum absolute atomic E-state index is 11.8. The standard InChI is InChI=1S/C12H24N2O.ClH/c1-4-9(2)8-10(3)14-12(15)11-6-5-7-13-11;/h9-11,13H,4-8H2,1-3H3,(H,14,15);1H. The van der Waals surface area contributed by atoms with Crippen molar-refractivity contribution >= 4 is 18.3 Å². The molecule has 1 saturated heterocycles. The fraction of sp³-hybridized carbons (Fsp3) is 0.917. The topological polar surface area (TPSA) is 41.1 Å². The fourth-order valence-corrected chi connectivity index (χ4v) is 2.08. The average molecular weight is 249 g/mol. The zero-order valence-corrected chi connectivity index (χ0v) is 11.4. The van der Waals surface area contributed by atoms with E-state index in [1.165, 1.54) is 6.42 Å². The molecule has 0 bridgehead atoms. The second-order valence-electron chi connectivity index (χ2n) is 4.81. The van der Waals surface area contributed by atoms with Gasteiger partial charge in [-0.05, 0) is 38.6 Å². The summed E-state index contributed by atoms with van der Waals surface area (Å²) in [5.74, 6) is 0.875. The second kappa shape index (κ2) is 7.91. The van der Waals surface area contributed by atoms with E-state index >= 15 is 0 Å². The van der Waals surface area contributed by atoms with Gasteiger partial charge in [0.2, 0.25) is 5.91 Å². The number of hydrogen-bond donors (Lipinski definition) is 2. The summed E-state index contributed by atoms with van der Waals surface area (Å²) in [5, 5.41) is 6.30. The molecule has 0 aromatic carbocycles. The second-order valence-corrected chi connectivity index (χ2v) is 4.81. The van der Waals surface area contributed by atoms with Crippen LogP contribution in [0.1, 0.15) is 46.5 Å². The van der Waals surface area contributed by atoms with Crippen LogP contribution in [0.5, 0.6) is 0 Å². The number of halogens is 1. The van der Waals surface area contributed by atoms with Gasteiger partial charge in [0.1, 0.15) is 0 Å². The Morgan fingerprint density at radius 1 is 1.50 bits per heavy atom. The molecule has 1 aliphatic heterocycles. The van der Waals surface area contributed by atoms with Gasteiger partial charge in [-0.25, -0.2) is 0 Å². The Morgan fingerprint density at radius 2 is 2.19 bits per heavy atom. The third-order valence-electron chi connectivity index (χ3n) is 3.22. The summed E-state index contributed by atoms with van der Waals surface area (Å²) in [5.41, 5.74) is 0. The first kappa shape index (κ1) is 15.7. The molecule has 3 atom stereocenters. The minimum absolute atomic E-state index is 0. The molecule has 0 radical (unpaired) electrons. The summed E-state index contributed by atoms with van der Waals surface area (Å²) in [6, 6.07) is 0.360. The van der Waals surface area contributed by atoms with Crippen molar-refractivity contribution in [2.24, 2.45) is 5.92 Å². The third kappa shape index (κ3) is 5.17. The molecule has 96 valence electrons. The van der Waals surface area contributed by atoms with Crippen LogP contribution in [0.4, 0.5) is 0 Å². The first-order chi connectivity index (χ1) is 7.13. The van der Waals surface area contributed by atoms with E-state index in [9.17, 15) is 4.79 Å². The van der Waals surface area contributed by atoms with Gasteiger partial charge in [-0.2, -0.15) is 0 Å². The molecule has 3 nitrogen and oxygen atoms in total. The Bertz CT molecular complexity index is 205. The Morgan fingerprint density at radius 3 is 2.69 bits per heavy atom. The van der Waals surface area contributed by atoms with E-state index in [1.807, 2.05) is 0 Å². The van der Waals surface area contributed by atoms with Gasteiger partial charge in [0.05, 0.1) is 6.04 Å². The van der Waals surface area contributed by atoms with Crippen LogP contribution in [0.2, 0.25) is 0 Å². The maximum atomic E-state index is 11.8. The van der Waals surface area contributed by atoms with E-state index in [0.717, 1.165) is 25.8 Å². The monoisotopic (exact) mass is 248 g/mol. The van der Waals surface area contributed by atoms with Gasteiger partial charge in [-0.15, -0.1) is 12.4 Å². The van der Waals surface area contributed by atoms with Crippen molar-refractivity contribution in [2.75, 3.05) is 6.54 Å². The molecule has 1 amide bonds. The highest BCUT2D eigenvalue weighted by Gasteiger charge is 2.23. The molecule has 1 fully saturated rings. The third-order valence-corrected chi connectivity index (χ3v) is 3.22. The first-order valence-corrected chi connectivity index (χ1v) is 6.17. The molecule has 0 aromatic heterocycles. The molecule has 4 heteroatoms. The van der Waals surface area contributed by atoms with Crippen molar-refractivity contribution in [3.05, 3.63) is 0 Å². The van der Waals surface area contributed by atoms with Crippen LogP contribution in [0, 0.1) is 5.92 Å². The van der Waals surface area contributed by atoms with E-state index < -0.39 is 0 Å². The number of rotatable bonds is 5. The predicted molar refractivity (Wildman–Crippen MR) is 69.9 cm³/mol. The summed E-state index contributed by atoms with van der Waals surface area (Å²) in [6.45, 7) is 7.51. The first-order valence-electron chi connectivity index (χ1n) is 6.17. The van der Waals surface area contributed by atoms with Crippen molar-refractivity contribution in [1.29, 1.82) is 0 Å². The van der Waals surface area contributed by atoms with E-state index in [0.29, 0.717) is 12.0 Å². The normalized spacial score (nSPS) is 23.3. The predicted octanol–water partition coefficient (Wildman–Crippen LogP) is 2.10. The molecular weight excluding hydrogens is 224 g/mol. The molecule has 0 aromatic rings. The molecule has 1 aliphatic rings. The van der Waals surface area contributed by atoms with Crippen LogP contribution in [0.3, 0.4) is 0 Å².